The van der Waals surface area contributed by atoms with Gasteiger partial charge in [-0.15, -0.1) is 0 Å². The van der Waals surface area contributed by atoms with Crippen molar-refractivity contribution in [3.8, 4) is 21.4 Å². The molecule has 2 N–H and O–H groups in total. The first-order chi connectivity index (χ1) is 8.63. The Balaban J connectivity index is 2.04. The quantitative estimate of drug-likeness (QED) is 0.826. The van der Waals surface area contributed by atoms with Crippen LogP contribution >= 0.6 is 11.3 Å². The Bertz CT molecular complexity index is 617. The molecule has 2 heterocycles. The molecule has 0 saturated heterocycles. The first-order valence-corrected chi connectivity index (χ1v) is 6.18. The molecule has 1 aliphatic rings. The topological polar surface area (TPSA) is 71.5 Å². The van der Waals surface area contributed by atoms with E-state index in [1.54, 1.807) is 19.1 Å². The minimum Gasteiger partial charge on any atom is -0.498 e. The van der Waals surface area contributed by atoms with Crippen molar-refractivity contribution in [1.29, 1.82) is 0 Å². The molecule has 1 aliphatic heterocycles. The van der Waals surface area contributed by atoms with Crippen molar-refractivity contribution < 1.29 is 14.6 Å². The van der Waals surface area contributed by atoms with Gasteiger partial charge in [0.15, 0.2) is 11.7 Å². The maximum absolute atomic E-state index is 11.2. The molecule has 0 radical (unpaired) electrons. The summed E-state index contributed by atoms with van der Waals surface area (Å²) >= 11 is 1.21. The normalized spacial score (nSPS) is 13.7. The molecule has 6 heteroatoms. The van der Waals surface area contributed by atoms with E-state index in [9.17, 15) is 9.90 Å². The Hall–Kier alpha value is -2.08. The number of amides is 1. The van der Waals surface area contributed by atoms with E-state index < -0.39 is 0 Å². The van der Waals surface area contributed by atoms with Gasteiger partial charge in [0.2, 0.25) is 0 Å². The number of rotatable bonds is 1. The molecule has 0 spiro atoms. The average Bonchev–Trinajstić information content (AvgIpc) is 2.69. The number of aromatic nitrogens is 1. The van der Waals surface area contributed by atoms with Crippen LogP contribution in [-0.2, 0) is 4.79 Å². The molecule has 1 amide bonds. The molecule has 18 heavy (non-hydrogen) atoms. The molecule has 0 bridgehead atoms. The number of aromatic hydroxyl groups is 1. The molecule has 3 rings (SSSR count). The number of carbonyl (C=O) groups is 1. The monoisotopic (exact) mass is 262 g/mol. The molecule has 92 valence electrons. The Labute approximate surface area is 107 Å². The molecule has 0 unspecified atom stereocenters. The van der Waals surface area contributed by atoms with Crippen molar-refractivity contribution in [3.63, 3.8) is 0 Å². The van der Waals surface area contributed by atoms with E-state index in [4.69, 9.17) is 4.74 Å². The molecule has 0 saturated carbocycles. The summed E-state index contributed by atoms with van der Waals surface area (Å²) in [6.45, 7) is 1.79. The van der Waals surface area contributed by atoms with Crippen LogP contribution in [-0.4, -0.2) is 22.6 Å². The summed E-state index contributed by atoms with van der Waals surface area (Å²) in [4.78, 5) is 15.5. The summed E-state index contributed by atoms with van der Waals surface area (Å²) in [5.74, 6) is 0.480. The first-order valence-electron chi connectivity index (χ1n) is 5.37. The largest absolute Gasteiger partial charge is 0.498 e. The molecule has 1 aromatic carbocycles. The predicted molar refractivity (Wildman–Crippen MR) is 68.1 cm³/mol. The Morgan fingerprint density at radius 2 is 2.33 bits per heavy atom. The van der Waals surface area contributed by atoms with Crippen molar-refractivity contribution in [3.05, 3.63) is 23.9 Å². The van der Waals surface area contributed by atoms with Gasteiger partial charge in [0.1, 0.15) is 10.8 Å². The minimum absolute atomic E-state index is 0.0451. The number of nitrogens with one attached hydrogen (secondary N) is 1. The van der Waals surface area contributed by atoms with Gasteiger partial charge in [-0.05, 0) is 25.1 Å². The fraction of sp³-hybridized carbons (Fsp3) is 0.167. The van der Waals surface area contributed by atoms with Crippen molar-refractivity contribution in [2.75, 3.05) is 11.9 Å². The second-order valence-corrected chi connectivity index (χ2v) is 4.93. The second-order valence-electron chi connectivity index (χ2n) is 3.96. The molecule has 0 atom stereocenters. The maximum Gasteiger partial charge on any atom is 0.262 e. The Kier molecular flexibility index (Phi) is 2.45. The number of benzene rings is 1. The molecular formula is C12H10N2O3S. The van der Waals surface area contributed by atoms with Crippen LogP contribution in [0.5, 0.6) is 10.8 Å². The van der Waals surface area contributed by atoms with E-state index in [0.717, 1.165) is 5.56 Å². The van der Waals surface area contributed by atoms with Gasteiger partial charge in [0.05, 0.1) is 11.4 Å². The van der Waals surface area contributed by atoms with Gasteiger partial charge in [-0.1, -0.05) is 11.3 Å². The van der Waals surface area contributed by atoms with Crippen LogP contribution < -0.4 is 10.1 Å². The standard InChI is InChI=1S/C12H10N2O3S/c1-6-12(16)18-11(13-6)7-2-3-9-8(4-7)14-10(15)5-17-9/h2-4,16H,5H2,1H3,(H,14,15). The lowest BCUT2D eigenvalue weighted by Gasteiger charge is -2.18. The highest BCUT2D eigenvalue weighted by molar-refractivity contribution is 7.16. The van der Waals surface area contributed by atoms with Crippen LogP contribution in [0, 0.1) is 6.92 Å². The summed E-state index contributed by atoms with van der Waals surface area (Å²) < 4.78 is 5.28. The third-order valence-corrected chi connectivity index (χ3v) is 3.64. The predicted octanol–water partition coefficient (Wildman–Crippen LogP) is 2.16. The van der Waals surface area contributed by atoms with Crippen molar-refractivity contribution >= 4 is 22.9 Å². The molecule has 5 nitrogen and oxygen atoms in total. The number of aryl methyl sites for hydroxylation is 1. The van der Waals surface area contributed by atoms with Crippen LogP contribution in [0.15, 0.2) is 18.2 Å². The zero-order valence-electron chi connectivity index (χ0n) is 9.56. The van der Waals surface area contributed by atoms with Gasteiger partial charge < -0.3 is 15.2 Å². The van der Waals surface area contributed by atoms with E-state index in [1.165, 1.54) is 11.3 Å². The number of ether oxygens (including phenoxy) is 1. The summed E-state index contributed by atoms with van der Waals surface area (Å²) in [7, 11) is 0. The lowest BCUT2D eigenvalue weighted by Crippen LogP contribution is -2.25. The van der Waals surface area contributed by atoms with E-state index in [-0.39, 0.29) is 17.6 Å². The van der Waals surface area contributed by atoms with Crippen LogP contribution in [0.25, 0.3) is 10.6 Å². The SMILES string of the molecule is Cc1nc(-c2ccc3c(c2)NC(=O)CO3)sc1O. The van der Waals surface area contributed by atoms with E-state index in [2.05, 4.69) is 10.3 Å². The van der Waals surface area contributed by atoms with Gasteiger partial charge >= 0.3 is 0 Å². The lowest BCUT2D eigenvalue weighted by molar-refractivity contribution is -0.118. The number of thiazole rings is 1. The summed E-state index contributed by atoms with van der Waals surface area (Å²) in [5.41, 5.74) is 2.08. The van der Waals surface area contributed by atoms with Crippen molar-refractivity contribution in [2.24, 2.45) is 0 Å². The highest BCUT2D eigenvalue weighted by Gasteiger charge is 2.17. The first kappa shape index (κ1) is 11.0. The summed E-state index contributed by atoms with van der Waals surface area (Å²) in [6, 6.07) is 5.44. The van der Waals surface area contributed by atoms with Gasteiger partial charge in [0.25, 0.3) is 5.91 Å². The second kappa shape index (κ2) is 3.99. The maximum atomic E-state index is 11.2. The zero-order valence-corrected chi connectivity index (χ0v) is 10.4. The third-order valence-electron chi connectivity index (χ3n) is 2.63. The van der Waals surface area contributed by atoms with Gasteiger partial charge in [0, 0.05) is 5.56 Å². The average molecular weight is 262 g/mol. The zero-order chi connectivity index (χ0) is 12.7. The number of hydrogen-bond donors (Lipinski definition) is 2. The van der Waals surface area contributed by atoms with E-state index >= 15 is 0 Å². The molecular weight excluding hydrogens is 252 g/mol. The van der Waals surface area contributed by atoms with E-state index in [1.807, 2.05) is 6.07 Å². The highest BCUT2D eigenvalue weighted by atomic mass is 32.1. The van der Waals surface area contributed by atoms with Crippen LogP contribution in [0.4, 0.5) is 5.69 Å². The summed E-state index contributed by atoms with van der Waals surface area (Å²) in [5, 5.41) is 13.2. The van der Waals surface area contributed by atoms with E-state index in [0.29, 0.717) is 22.1 Å². The molecule has 0 fully saturated rings. The third kappa shape index (κ3) is 1.80. The summed E-state index contributed by atoms with van der Waals surface area (Å²) in [6.07, 6.45) is 0. The Morgan fingerprint density at radius 3 is 3.06 bits per heavy atom. The fourth-order valence-corrected chi connectivity index (χ4v) is 2.53. The van der Waals surface area contributed by atoms with Gasteiger partial charge in [-0.2, -0.15) is 0 Å². The fourth-order valence-electron chi connectivity index (χ4n) is 1.73. The highest BCUT2D eigenvalue weighted by Crippen LogP contribution is 2.36. The minimum atomic E-state index is -0.169. The molecule has 2 aromatic rings. The van der Waals surface area contributed by atoms with Gasteiger partial charge in [-0.3, -0.25) is 4.79 Å². The van der Waals surface area contributed by atoms with Crippen LogP contribution in [0.2, 0.25) is 0 Å². The number of nitrogens with zero attached hydrogens (tertiary/aromatic N) is 1. The Morgan fingerprint density at radius 1 is 1.50 bits per heavy atom. The van der Waals surface area contributed by atoms with Crippen LogP contribution in [0.3, 0.4) is 0 Å². The molecule has 0 aliphatic carbocycles. The number of anilines is 1. The molecule has 1 aromatic heterocycles. The van der Waals surface area contributed by atoms with Crippen molar-refractivity contribution in [1.82, 2.24) is 4.98 Å². The van der Waals surface area contributed by atoms with Crippen LogP contribution in [0.1, 0.15) is 5.69 Å². The smallest absolute Gasteiger partial charge is 0.262 e. The van der Waals surface area contributed by atoms with Gasteiger partial charge in [-0.25, -0.2) is 4.98 Å². The number of carbonyl (C=O) groups excluding carboxylic acids is 1. The number of hydrogen-bond acceptors (Lipinski definition) is 5. The lowest BCUT2D eigenvalue weighted by atomic mass is 10.2. The van der Waals surface area contributed by atoms with Crippen molar-refractivity contribution in [2.45, 2.75) is 6.92 Å². The number of fused-ring (bicyclic) bond motifs is 1.